The van der Waals surface area contributed by atoms with Crippen molar-refractivity contribution in [2.24, 2.45) is 11.8 Å². The first-order valence-corrected chi connectivity index (χ1v) is 6.56. The number of aliphatic hydroxyl groups excluding tert-OH is 1. The number of likely N-dealkylation sites (tertiary alicyclic amines) is 1. The van der Waals surface area contributed by atoms with Gasteiger partial charge in [0.25, 0.3) is 0 Å². The molecule has 3 atom stereocenters. The van der Waals surface area contributed by atoms with Gasteiger partial charge in [0.05, 0.1) is 0 Å². The molecule has 0 bridgehead atoms. The molecule has 0 spiro atoms. The summed E-state index contributed by atoms with van der Waals surface area (Å²) in [5, 5.41) is 9.50. The molecule has 1 aliphatic rings. The second kappa shape index (κ2) is 6.58. The number of hydrogen-bond acceptors (Lipinski definition) is 3. The lowest BCUT2D eigenvalue weighted by atomic mass is 9.81. The lowest BCUT2D eigenvalue weighted by Gasteiger charge is -2.41. The van der Waals surface area contributed by atoms with Crippen molar-refractivity contribution in [1.82, 2.24) is 9.80 Å². The minimum absolute atomic E-state index is 0.319. The predicted molar refractivity (Wildman–Crippen MR) is 68.6 cm³/mol. The van der Waals surface area contributed by atoms with E-state index in [1.165, 1.54) is 25.9 Å². The Balaban J connectivity index is 2.67. The third kappa shape index (κ3) is 3.44. The summed E-state index contributed by atoms with van der Waals surface area (Å²) in [6.45, 7) is 4.91. The summed E-state index contributed by atoms with van der Waals surface area (Å²) in [5.74, 6) is 1.14. The fourth-order valence-electron chi connectivity index (χ4n) is 3.19. The standard InChI is InChI=1S/C13H28N2O/c1-5-11(10-16)13(14(2)3)12-7-6-8-15(4)9-12/h11-13,16H,5-10H2,1-4H3. The summed E-state index contributed by atoms with van der Waals surface area (Å²) in [6, 6.07) is 0.526. The van der Waals surface area contributed by atoms with E-state index in [0.29, 0.717) is 24.5 Å². The van der Waals surface area contributed by atoms with Crippen molar-refractivity contribution in [3.8, 4) is 0 Å². The van der Waals surface area contributed by atoms with Gasteiger partial charge in [-0.1, -0.05) is 6.92 Å². The molecule has 1 N–H and O–H groups in total. The molecule has 16 heavy (non-hydrogen) atoms. The fourth-order valence-corrected chi connectivity index (χ4v) is 3.19. The number of rotatable bonds is 5. The summed E-state index contributed by atoms with van der Waals surface area (Å²) < 4.78 is 0. The number of piperidine rings is 1. The molecule has 0 aliphatic carbocycles. The second-order valence-electron chi connectivity index (χ2n) is 5.47. The van der Waals surface area contributed by atoms with Crippen molar-refractivity contribution in [3.05, 3.63) is 0 Å². The molecule has 1 saturated heterocycles. The van der Waals surface area contributed by atoms with Crippen molar-refractivity contribution in [3.63, 3.8) is 0 Å². The maximum Gasteiger partial charge on any atom is 0.0474 e. The molecule has 1 aliphatic heterocycles. The second-order valence-corrected chi connectivity index (χ2v) is 5.47. The van der Waals surface area contributed by atoms with Gasteiger partial charge in [-0.3, -0.25) is 0 Å². The van der Waals surface area contributed by atoms with Crippen LogP contribution in [0.1, 0.15) is 26.2 Å². The summed E-state index contributed by atoms with van der Waals surface area (Å²) in [6.07, 6.45) is 3.68. The molecule has 3 unspecified atom stereocenters. The van der Waals surface area contributed by atoms with E-state index in [1.807, 2.05) is 0 Å². The van der Waals surface area contributed by atoms with Crippen LogP contribution in [0.5, 0.6) is 0 Å². The maximum absolute atomic E-state index is 9.50. The van der Waals surface area contributed by atoms with Crippen molar-refractivity contribution < 1.29 is 5.11 Å². The average Bonchev–Trinajstić information content (AvgIpc) is 2.24. The van der Waals surface area contributed by atoms with Gasteiger partial charge in [0.15, 0.2) is 0 Å². The Hall–Kier alpha value is -0.120. The van der Waals surface area contributed by atoms with Gasteiger partial charge in [0.2, 0.25) is 0 Å². The molecule has 0 aromatic heterocycles. The molecule has 3 heteroatoms. The van der Waals surface area contributed by atoms with Gasteiger partial charge >= 0.3 is 0 Å². The van der Waals surface area contributed by atoms with E-state index in [4.69, 9.17) is 0 Å². The van der Waals surface area contributed by atoms with Crippen LogP contribution < -0.4 is 0 Å². The highest BCUT2D eigenvalue weighted by Crippen LogP contribution is 2.27. The number of hydrogen-bond donors (Lipinski definition) is 1. The molecule has 0 aromatic carbocycles. The van der Waals surface area contributed by atoms with Crippen LogP contribution in [0, 0.1) is 11.8 Å². The Labute approximate surface area is 100 Å². The molecule has 0 saturated carbocycles. The first-order chi connectivity index (χ1) is 7.60. The Morgan fingerprint density at radius 3 is 2.56 bits per heavy atom. The van der Waals surface area contributed by atoms with Gasteiger partial charge in [-0.2, -0.15) is 0 Å². The molecule has 1 rings (SSSR count). The van der Waals surface area contributed by atoms with E-state index in [9.17, 15) is 5.11 Å². The molecular formula is C13H28N2O. The van der Waals surface area contributed by atoms with Crippen molar-refractivity contribution in [1.29, 1.82) is 0 Å². The Kier molecular flexibility index (Phi) is 5.73. The minimum atomic E-state index is 0.319. The van der Waals surface area contributed by atoms with E-state index >= 15 is 0 Å². The smallest absolute Gasteiger partial charge is 0.0474 e. The Morgan fingerprint density at radius 2 is 2.12 bits per heavy atom. The Bertz CT molecular complexity index is 192. The summed E-state index contributed by atoms with van der Waals surface area (Å²) >= 11 is 0. The van der Waals surface area contributed by atoms with Gasteiger partial charge in [-0.05, 0) is 58.8 Å². The van der Waals surface area contributed by atoms with Crippen LogP contribution in [0.25, 0.3) is 0 Å². The largest absolute Gasteiger partial charge is 0.396 e. The predicted octanol–water partition coefficient (Wildman–Crippen LogP) is 1.28. The molecule has 96 valence electrons. The first kappa shape index (κ1) is 13.9. The van der Waals surface area contributed by atoms with E-state index in [1.54, 1.807) is 0 Å². The summed E-state index contributed by atoms with van der Waals surface area (Å²) in [4.78, 5) is 4.74. The average molecular weight is 228 g/mol. The van der Waals surface area contributed by atoms with Crippen LogP contribution in [0.15, 0.2) is 0 Å². The highest BCUT2D eigenvalue weighted by atomic mass is 16.3. The Morgan fingerprint density at radius 1 is 1.44 bits per heavy atom. The summed E-state index contributed by atoms with van der Waals surface area (Å²) in [5.41, 5.74) is 0. The SMILES string of the molecule is CCC(CO)C(C1CCCN(C)C1)N(C)C. The van der Waals surface area contributed by atoms with E-state index < -0.39 is 0 Å². The van der Waals surface area contributed by atoms with Crippen LogP contribution in [-0.2, 0) is 0 Å². The minimum Gasteiger partial charge on any atom is -0.396 e. The van der Waals surface area contributed by atoms with Crippen LogP contribution >= 0.6 is 0 Å². The molecule has 0 amide bonds. The lowest BCUT2D eigenvalue weighted by molar-refractivity contribution is 0.0538. The van der Waals surface area contributed by atoms with Gasteiger partial charge < -0.3 is 14.9 Å². The normalized spacial score (nSPS) is 27.0. The quantitative estimate of drug-likeness (QED) is 0.768. The van der Waals surface area contributed by atoms with Crippen LogP contribution in [0.3, 0.4) is 0 Å². The summed E-state index contributed by atoms with van der Waals surface area (Å²) in [7, 11) is 6.51. The van der Waals surface area contributed by atoms with Crippen molar-refractivity contribution in [2.75, 3.05) is 40.8 Å². The highest BCUT2D eigenvalue weighted by Gasteiger charge is 2.32. The van der Waals surface area contributed by atoms with Gasteiger partial charge in [-0.15, -0.1) is 0 Å². The highest BCUT2D eigenvalue weighted by molar-refractivity contribution is 4.86. The molecule has 1 heterocycles. The number of nitrogens with zero attached hydrogens (tertiary/aromatic N) is 2. The van der Waals surface area contributed by atoms with Gasteiger partial charge in [-0.25, -0.2) is 0 Å². The molecule has 1 fully saturated rings. The zero-order valence-corrected chi connectivity index (χ0v) is 11.3. The van der Waals surface area contributed by atoms with Crippen molar-refractivity contribution in [2.45, 2.75) is 32.2 Å². The van der Waals surface area contributed by atoms with Gasteiger partial charge in [0.1, 0.15) is 0 Å². The molecule has 0 radical (unpaired) electrons. The van der Waals surface area contributed by atoms with E-state index in [0.717, 1.165) is 6.42 Å². The first-order valence-electron chi connectivity index (χ1n) is 6.56. The van der Waals surface area contributed by atoms with Crippen LogP contribution in [0.2, 0.25) is 0 Å². The van der Waals surface area contributed by atoms with Crippen LogP contribution in [-0.4, -0.2) is 61.8 Å². The third-order valence-electron chi connectivity index (χ3n) is 3.98. The maximum atomic E-state index is 9.50. The number of aliphatic hydroxyl groups is 1. The molecule has 0 aromatic rings. The zero-order chi connectivity index (χ0) is 12.1. The van der Waals surface area contributed by atoms with Crippen LogP contribution in [0.4, 0.5) is 0 Å². The lowest BCUT2D eigenvalue weighted by Crippen LogP contribution is -2.48. The van der Waals surface area contributed by atoms with E-state index in [-0.39, 0.29) is 0 Å². The zero-order valence-electron chi connectivity index (χ0n) is 11.3. The van der Waals surface area contributed by atoms with E-state index in [2.05, 4.69) is 37.9 Å². The topological polar surface area (TPSA) is 26.7 Å². The fraction of sp³-hybridized carbons (Fsp3) is 1.00. The van der Waals surface area contributed by atoms with Gasteiger partial charge in [0, 0.05) is 19.2 Å². The molecular weight excluding hydrogens is 200 g/mol. The molecule has 3 nitrogen and oxygen atoms in total. The van der Waals surface area contributed by atoms with Crippen molar-refractivity contribution >= 4 is 0 Å². The monoisotopic (exact) mass is 228 g/mol. The third-order valence-corrected chi connectivity index (χ3v) is 3.98.